The minimum absolute atomic E-state index is 0.00994. The fourth-order valence-electron chi connectivity index (χ4n) is 2.88. The van der Waals surface area contributed by atoms with Gasteiger partial charge in [0.25, 0.3) is 5.91 Å². The summed E-state index contributed by atoms with van der Waals surface area (Å²) in [5.41, 5.74) is 0.00174. The normalized spacial score (nSPS) is 21.6. The number of piperidine rings is 1. The largest absolute Gasteiger partial charge is 0.452 e. The molecular formula is C16H17F3N2O3S. The Balaban J connectivity index is 1.81. The van der Waals surface area contributed by atoms with Crippen LogP contribution in [0.15, 0.2) is 16.7 Å². The highest BCUT2D eigenvalue weighted by Gasteiger charge is 2.39. The SMILES string of the molecule is Cc1c(-c2ccc(C(=O)N3CC[C@@H](O)[C@@H](C)C3)s2)noc1C(F)(F)F. The summed E-state index contributed by atoms with van der Waals surface area (Å²) in [6, 6.07) is 3.16. The van der Waals surface area contributed by atoms with Gasteiger partial charge in [-0.1, -0.05) is 12.1 Å². The van der Waals surface area contributed by atoms with Gasteiger partial charge in [0.15, 0.2) is 0 Å². The maximum absolute atomic E-state index is 12.8. The summed E-state index contributed by atoms with van der Waals surface area (Å²) in [5, 5.41) is 13.3. The van der Waals surface area contributed by atoms with E-state index in [2.05, 4.69) is 9.68 Å². The Kier molecular flexibility index (Phi) is 4.63. The molecule has 3 rings (SSSR count). The summed E-state index contributed by atoms with van der Waals surface area (Å²) >= 11 is 1.08. The number of hydrogen-bond acceptors (Lipinski definition) is 5. The first kappa shape index (κ1) is 17.9. The summed E-state index contributed by atoms with van der Waals surface area (Å²) in [6.45, 7) is 4.08. The van der Waals surface area contributed by atoms with E-state index >= 15 is 0 Å². The van der Waals surface area contributed by atoms with E-state index in [1.807, 2.05) is 6.92 Å². The molecule has 0 radical (unpaired) electrons. The Hall–Kier alpha value is -1.87. The standard InChI is InChI=1S/C16H17F3N2O3S/c1-8-7-21(6-5-10(8)22)15(23)12-4-3-11(25-12)13-9(2)14(24-20-13)16(17,18)19/h3-4,8,10,22H,5-7H2,1-2H3/t8-,10+/m0/s1. The summed E-state index contributed by atoms with van der Waals surface area (Å²) in [5.74, 6) is -1.32. The number of thiophene rings is 1. The molecule has 1 fully saturated rings. The van der Waals surface area contributed by atoms with Crippen LogP contribution in [-0.2, 0) is 6.18 Å². The lowest BCUT2D eigenvalue weighted by molar-refractivity contribution is -0.156. The fraction of sp³-hybridized carbons (Fsp3) is 0.500. The average Bonchev–Trinajstić information content (AvgIpc) is 3.15. The molecule has 5 nitrogen and oxygen atoms in total. The molecule has 9 heteroatoms. The Morgan fingerprint density at radius 1 is 1.44 bits per heavy atom. The molecule has 1 N–H and O–H groups in total. The number of carbonyl (C=O) groups excluding carboxylic acids is 1. The minimum atomic E-state index is -4.60. The van der Waals surface area contributed by atoms with E-state index in [0.717, 1.165) is 11.3 Å². The predicted octanol–water partition coefficient (Wildman–Crippen LogP) is 3.57. The van der Waals surface area contributed by atoms with Gasteiger partial charge in [-0.15, -0.1) is 11.3 Å². The molecule has 2 aromatic heterocycles. The second-order valence-corrected chi connectivity index (χ2v) is 7.32. The quantitative estimate of drug-likeness (QED) is 0.873. The van der Waals surface area contributed by atoms with E-state index in [-0.39, 0.29) is 23.1 Å². The van der Waals surface area contributed by atoms with Crippen molar-refractivity contribution in [2.24, 2.45) is 5.92 Å². The molecule has 3 heterocycles. The van der Waals surface area contributed by atoms with Crippen molar-refractivity contribution in [3.63, 3.8) is 0 Å². The maximum Gasteiger partial charge on any atom is 0.452 e. The van der Waals surface area contributed by atoms with Gasteiger partial charge in [-0.25, -0.2) is 0 Å². The van der Waals surface area contributed by atoms with Crippen LogP contribution in [0.4, 0.5) is 13.2 Å². The smallest absolute Gasteiger partial charge is 0.393 e. The monoisotopic (exact) mass is 374 g/mol. The number of carbonyl (C=O) groups is 1. The van der Waals surface area contributed by atoms with Crippen molar-refractivity contribution in [1.82, 2.24) is 10.1 Å². The molecule has 0 saturated carbocycles. The maximum atomic E-state index is 12.8. The molecule has 0 aromatic carbocycles. The summed E-state index contributed by atoms with van der Waals surface area (Å²) in [6.07, 6.45) is -4.50. The second-order valence-electron chi connectivity index (χ2n) is 6.23. The molecule has 1 aliphatic rings. The van der Waals surface area contributed by atoms with Crippen LogP contribution in [0.3, 0.4) is 0 Å². The number of nitrogens with zero attached hydrogens (tertiary/aromatic N) is 2. The van der Waals surface area contributed by atoms with Crippen molar-refractivity contribution in [1.29, 1.82) is 0 Å². The number of alkyl halides is 3. The first-order valence-corrected chi connectivity index (χ1v) is 8.61. The van der Waals surface area contributed by atoms with Gasteiger partial charge < -0.3 is 14.5 Å². The van der Waals surface area contributed by atoms with Crippen LogP contribution < -0.4 is 0 Å². The number of hydrogen-bond donors (Lipinski definition) is 1. The molecule has 1 amide bonds. The summed E-state index contributed by atoms with van der Waals surface area (Å²) in [7, 11) is 0. The van der Waals surface area contributed by atoms with E-state index in [4.69, 9.17) is 0 Å². The molecule has 2 aromatic rings. The van der Waals surface area contributed by atoms with Crippen molar-refractivity contribution in [2.75, 3.05) is 13.1 Å². The fourth-order valence-corrected chi connectivity index (χ4v) is 3.90. The third-order valence-electron chi connectivity index (χ3n) is 4.38. The first-order valence-electron chi connectivity index (χ1n) is 7.79. The highest BCUT2D eigenvalue weighted by molar-refractivity contribution is 7.17. The molecule has 25 heavy (non-hydrogen) atoms. The van der Waals surface area contributed by atoms with Gasteiger partial charge in [-0.3, -0.25) is 4.79 Å². The highest BCUT2D eigenvalue weighted by atomic mass is 32.1. The molecule has 1 aliphatic heterocycles. The number of halogens is 3. The summed E-state index contributed by atoms with van der Waals surface area (Å²) < 4.78 is 42.9. The third-order valence-corrected chi connectivity index (χ3v) is 5.46. The van der Waals surface area contributed by atoms with Gasteiger partial charge in [0.1, 0.15) is 5.69 Å². The molecule has 0 spiro atoms. The zero-order valence-corrected chi connectivity index (χ0v) is 14.4. The van der Waals surface area contributed by atoms with Crippen LogP contribution in [0.2, 0.25) is 0 Å². The Morgan fingerprint density at radius 3 is 2.76 bits per heavy atom. The molecule has 136 valence electrons. The zero-order valence-electron chi connectivity index (χ0n) is 13.6. The number of aliphatic hydroxyl groups excluding tert-OH is 1. The number of rotatable bonds is 2. The van der Waals surface area contributed by atoms with Gasteiger partial charge in [-0.2, -0.15) is 13.2 Å². The van der Waals surface area contributed by atoms with Crippen molar-refractivity contribution in [3.8, 4) is 10.6 Å². The van der Waals surface area contributed by atoms with Gasteiger partial charge in [0.05, 0.1) is 15.9 Å². The lowest BCUT2D eigenvalue weighted by Crippen LogP contribution is -2.44. The van der Waals surface area contributed by atoms with E-state index in [1.54, 1.807) is 17.0 Å². The Bertz CT molecular complexity index is 784. The summed E-state index contributed by atoms with van der Waals surface area (Å²) in [4.78, 5) is 15.1. The van der Waals surface area contributed by atoms with E-state index in [9.17, 15) is 23.1 Å². The number of amides is 1. The number of aliphatic hydroxyl groups is 1. The van der Waals surface area contributed by atoms with E-state index < -0.39 is 18.0 Å². The Labute approximate surface area is 146 Å². The van der Waals surface area contributed by atoms with Crippen LogP contribution >= 0.6 is 11.3 Å². The Morgan fingerprint density at radius 2 is 2.16 bits per heavy atom. The van der Waals surface area contributed by atoms with Gasteiger partial charge in [0.2, 0.25) is 5.76 Å². The zero-order chi connectivity index (χ0) is 18.4. The lowest BCUT2D eigenvalue weighted by atomic mass is 9.97. The van der Waals surface area contributed by atoms with Crippen molar-refractivity contribution < 1.29 is 27.6 Å². The molecule has 0 aliphatic carbocycles. The molecular weight excluding hydrogens is 357 g/mol. The van der Waals surface area contributed by atoms with Crippen LogP contribution in [-0.4, -0.2) is 40.3 Å². The topological polar surface area (TPSA) is 66.6 Å². The van der Waals surface area contributed by atoms with Gasteiger partial charge >= 0.3 is 6.18 Å². The van der Waals surface area contributed by atoms with Crippen molar-refractivity contribution in [2.45, 2.75) is 32.5 Å². The van der Waals surface area contributed by atoms with Crippen LogP contribution in [0, 0.1) is 12.8 Å². The van der Waals surface area contributed by atoms with E-state index in [1.165, 1.54) is 6.92 Å². The average molecular weight is 374 g/mol. The van der Waals surface area contributed by atoms with Crippen molar-refractivity contribution >= 4 is 17.2 Å². The first-order chi connectivity index (χ1) is 11.7. The molecule has 0 bridgehead atoms. The van der Waals surface area contributed by atoms with Gasteiger partial charge in [-0.05, 0) is 31.4 Å². The van der Waals surface area contributed by atoms with E-state index in [0.29, 0.717) is 29.3 Å². The molecule has 1 saturated heterocycles. The van der Waals surface area contributed by atoms with Crippen LogP contribution in [0.5, 0.6) is 0 Å². The lowest BCUT2D eigenvalue weighted by Gasteiger charge is -2.34. The van der Waals surface area contributed by atoms with Crippen molar-refractivity contribution in [3.05, 3.63) is 28.3 Å². The predicted molar refractivity (Wildman–Crippen MR) is 85.2 cm³/mol. The second kappa shape index (κ2) is 6.45. The minimum Gasteiger partial charge on any atom is -0.393 e. The van der Waals surface area contributed by atoms with Gasteiger partial charge in [0, 0.05) is 18.7 Å². The number of likely N-dealkylation sites (tertiary alicyclic amines) is 1. The highest BCUT2D eigenvalue weighted by Crippen LogP contribution is 2.38. The number of aromatic nitrogens is 1. The van der Waals surface area contributed by atoms with Crippen LogP contribution in [0.25, 0.3) is 10.6 Å². The third kappa shape index (κ3) is 3.43. The van der Waals surface area contributed by atoms with Crippen LogP contribution in [0.1, 0.15) is 34.3 Å². The molecule has 2 atom stereocenters. The molecule has 0 unspecified atom stereocenters.